The van der Waals surface area contributed by atoms with Crippen molar-refractivity contribution in [3.63, 3.8) is 0 Å². The smallest absolute Gasteiger partial charge is 0.0656 e. The molecular formula is C16H26N2O2. The minimum atomic E-state index is -0.638. The number of aliphatic hydroxyl groups excluding tert-OH is 1. The zero-order valence-electron chi connectivity index (χ0n) is 12.3. The number of aliphatic hydroxyl groups is 1. The van der Waals surface area contributed by atoms with E-state index in [1.165, 1.54) is 6.42 Å². The SMILES string of the molecule is COCC1CCN(CCC(N)(CO)c2ccccc2)C1. The third kappa shape index (κ3) is 3.79. The van der Waals surface area contributed by atoms with Gasteiger partial charge in [0.2, 0.25) is 0 Å². The quantitative estimate of drug-likeness (QED) is 0.786. The zero-order valence-corrected chi connectivity index (χ0v) is 12.3. The van der Waals surface area contributed by atoms with Gasteiger partial charge >= 0.3 is 0 Å². The predicted octanol–water partition coefficient (Wildman–Crippen LogP) is 1.19. The standard InChI is InChI=1S/C16H26N2O2/c1-20-12-14-7-9-18(11-14)10-8-16(17,13-19)15-5-3-2-4-6-15/h2-6,14,19H,7-13,17H2,1H3. The molecule has 1 saturated heterocycles. The van der Waals surface area contributed by atoms with E-state index in [1.54, 1.807) is 7.11 Å². The first kappa shape index (κ1) is 15.4. The van der Waals surface area contributed by atoms with Crippen LogP contribution in [0, 0.1) is 5.92 Å². The highest BCUT2D eigenvalue weighted by molar-refractivity contribution is 5.24. The monoisotopic (exact) mass is 278 g/mol. The van der Waals surface area contributed by atoms with E-state index in [0.29, 0.717) is 5.92 Å². The second-order valence-electron chi connectivity index (χ2n) is 5.84. The van der Waals surface area contributed by atoms with E-state index in [2.05, 4.69) is 4.90 Å². The molecule has 3 N–H and O–H groups in total. The Bertz CT molecular complexity index is 399. The number of methoxy groups -OCH3 is 1. The van der Waals surface area contributed by atoms with E-state index in [0.717, 1.165) is 38.2 Å². The molecule has 2 unspecified atom stereocenters. The zero-order chi connectivity index (χ0) is 14.4. The highest BCUT2D eigenvalue weighted by Crippen LogP contribution is 2.24. The number of hydrogen-bond donors (Lipinski definition) is 2. The van der Waals surface area contributed by atoms with Gasteiger partial charge in [0.05, 0.1) is 18.8 Å². The lowest BCUT2D eigenvalue weighted by Gasteiger charge is -2.30. The van der Waals surface area contributed by atoms with Gasteiger partial charge in [-0.1, -0.05) is 30.3 Å². The molecule has 0 aliphatic carbocycles. The Morgan fingerprint density at radius 3 is 2.80 bits per heavy atom. The molecule has 1 aliphatic heterocycles. The summed E-state index contributed by atoms with van der Waals surface area (Å²) in [5.74, 6) is 0.637. The van der Waals surface area contributed by atoms with Gasteiger partial charge < -0.3 is 20.5 Å². The first-order valence-corrected chi connectivity index (χ1v) is 7.34. The number of benzene rings is 1. The van der Waals surface area contributed by atoms with E-state index in [9.17, 15) is 5.11 Å². The van der Waals surface area contributed by atoms with Crippen LogP contribution in [0.2, 0.25) is 0 Å². The Labute approximate surface area is 121 Å². The lowest BCUT2D eigenvalue weighted by molar-refractivity contribution is 0.146. The van der Waals surface area contributed by atoms with Crippen molar-refractivity contribution in [1.82, 2.24) is 4.90 Å². The van der Waals surface area contributed by atoms with Gasteiger partial charge in [0.15, 0.2) is 0 Å². The van der Waals surface area contributed by atoms with Gasteiger partial charge in [-0.15, -0.1) is 0 Å². The maximum Gasteiger partial charge on any atom is 0.0656 e. The van der Waals surface area contributed by atoms with Crippen molar-refractivity contribution >= 4 is 0 Å². The molecule has 1 aromatic rings. The van der Waals surface area contributed by atoms with E-state index in [-0.39, 0.29) is 6.61 Å². The van der Waals surface area contributed by atoms with Crippen LogP contribution in [0.4, 0.5) is 0 Å². The van der Waals surface area contributed by atoms with Crippen LogP contribution in [0.25, 0.3) is 0 Å². The summed E-state index contributed by atoms with van der Waals surface area (Å²) in [4.78, 5) is 2.42. The summed E-state index contributed by atoms with van der Waals surface area (Å²) in [6.07, 6.45) is 1.96. The van der Waals surface area contributed by atoms with Gasteiger partial charge in [-0.2, -0.15) is 0 Å². The lowest BCUT2D eigenvalue weighted by Crippen LogP contribution is -2.43. The normalized spacial score (nSPS) is 22.9. The fourth-order valence-corrected chi connectivity index (χ4v) is 2.93. The summed E-state index contributed by atoms with van der Waals surface area (Å²) in [5, 5.41) is 9.69. The number of nitrogens with two attached hydrogens (primary N) is 1. The molecule has 0 aromatic heterocycles. The van der Waals surface area contributed by atoms with Gasteiger partial charge in [-0.05, 0) is 30.9 Å². The van der Waals surface area contributed by atoms with Crippen LogP contribution in [0.3, 0.4) is 0 Å². The van der Waals surface area contributed by atoms with Crippen LogP contribution in [-0.4, -0.2) is 50.0 Å². The Morgan fingerprint density at radius 2 is 2.15 bits per heavy atom. The van der Waals surface area contributed by atoms with Crippen molar-refractivity contribution in [2.24, 2.45) is 11.7 Å². The molecule has 0 bridgehead atoms. The fraction of sp³-hybridized carbons (Fsp3) is 0.625. The second kappa shape index (κ2) is 7.18. The lowest BCUT2D eigenvalue weighted by atomic mass is 9.88. The summed E-state index contributed by atoms with van der Waals surface area (Å²) >= 11 is 0. The van der Waals surface area contributed by atoms with Crippen molar-refractivity contribution in [2.45, 2.75) is 18.4 Å². The van der Waals surface area contributed by atoms with Gasteiger partial charge in [0.25, 0.3) is 0 Å². The van der Waals surface area contributed by atoms with Gasteiger partial charge in [0, 0.05) is 20.2 Å². The van der Waals surface area contributed by atoms with Gasteiger partial charge in [0.1, 0.15) is 0 Å². The molecule has 0 spiro atoms. The molecule has 2 rings (SSSR count). The predicted molar refractivity (Wildman–Crippen MR) is 80.4 cm³/mol. The van der Waals surface area contributed by atoms with E-state index >= 15 is 0 Å². The average Bonchev–Trinajstić information content (AvgIpc) is 2.94. The van der Waals surface area contributed by atoms with E-state index in [1.807, 2.05) is 30.3 Å². The van der Waals surface area contributed by atoms with E-state index < -0.39 is 5.54 Å². The minimum Gasteiger partial charge on any atom is -0.394 e. The van der Waals surface area contributed by atoms with Crippen LogP contribution < -0.4 is 5.73 Å². The molecule has 1 aromatic carbocycles. The molecule has 1 fully saturated rings. The third-order valence-corrected chi connectivity index (χ3v) is 4.28. The van der Waals surface area contributed by atoms with Crippen LogP contribution in [-0.2, 0) is 10.3 Å². The van der Waals surface area contributed by atoms with Crippen LogP contribution in [0.1, 0.15) is 18.4 Å². The van der Waals surface area contributed by atoms with Gasteiger partial charge in [-0.25, -0.2) is 0 Å². The largest absolute Gasteiger partial charge is 0.394 e. The van der Waals surface area contributed by atoms with Gasteiger partial charge in [-0.3, -0.25) is 0 Å². The van der Waals surface area contributed by atoms with Crippen LogP contribution in [0.5, 0.6) is 0 Å². The molecular weight excluding hydrogens is 252 g/mol. The summed E-state index contributed by atoms with van der Waals surface area (Å²) in [5.41, 5.74) is 6.76. The molecule has 20 heavy (non-hydrogen) atoms. The van der Waals surface area contributed by atoms with Crippen molar-refractivity contribution in [3.05, 3.63) is 35.9 Å². The number of ether oxygens (including phenoxy) is 1. The number of nitrogens with zero attached hydrogens (tertiary/aromatic N) is 1. The molecule has 0 amide bonds. The van der Waals surface area contributed by atoms with Crippen molar-refractivity contribution in [3.8, 4) is 0 Å². The maximum absolute atomic E-state index is 9.69. The summed E-state index contributed by atoms with van der Waals surface area (Å²) in [7, 11) is 1.76. The molecule has 0 saturated carbocycles. The topological polar surface area (TPSA) is 58.7 Å². The molecule has 112 valence electrons. The number of rotatable bonds is 7. The van der Waals surface area contributed by atoms with Crippen LogP contribution in [0.15, 0.2) is 30.3 Å². The molecule has 1 aliphatic rings. The molecule has 2 atom stereocenters. The first-order valence-electron chi connectivity index (χ1n) is 7.34. The number of hydrogen-bond acceptors (Lipinski definition) is 4. The fourth-order valence-electron chi connectivity index (χ4n) is 2.93. The van der Waals surface area contributed by atoms with Crippen molar-refractivity contribution in [1.29, 1.82) is 0 Å². The number of likely N-dealkylation sites (tertiary alicyclic amines) is 1. The van der Waals surface area contributed by atoms with E-state index in [4.69, 9.17) is 10.5 Å². The highest BCUT2D eigenvalue weighted by atomic mass is 16.5. The Kier molecular flexibility index (Phi) is 5.54. The summed E-state index contributed by atoms with van der Waals surface area (Å²) < 4.78 is 5.22. The Balaban J connectivity index is 1.88. The Hall–Kier alpha value is -0.940. The average molecular weight is 278 g/mol. The molecule has 1 heterocycles. The van der Waals surface area contributed by atoms with Crippen molar-refractivity contribution < 1.29 is 9.84 Å². The van der Waals surface area contributed by atoms with Crippen LogP contribution >= 0.6 is 0 Å². The maximum atomic E-state index is 9.69. The Morgan fingerprint density at radius 1 is 1.40 bits per heavy atom. The molecule has 4 heteroatoms. The van der Waals surface area contributed by atoms with Crippen molar-refractivity contribution in [2.75, 3.05) is 40.0 Å². The summed E-state index contributed by atoms with van der Waals surface area (Å²) in [6.45, 7) is 3.91. The second-order valence-corrected chi connectivity index (χ2v) is 5.84. The minimum absolute atomic E-state index is 0.0215. The summed E-state index contributed by atoms with van der Waals surface area (Å²) in [6, 6.07) is 9.90. The third-order valence-electron chi connectivity index (χ3n) is 4.28. The highest BCUT2D eigenvalue weighted by Gasteiger charge is 2.29. The molecule has 4 nitrogen and oxygen atoms in total. The first-order chi connectivity index (χ1) is 9.68. The molecule has 0 radical (unpaired) electrons.